The van der Waals surface area contributed by atoms with Gasteiger partial charge in [0, 0.05) is 72.7 Å². The molecule has 21 rings (SSSR count). The topological polar surface area (TPSA) is 120 Å². The highest BCUT2D eigenvalue weighted by Gasteiger charge is 2.55. The summed E-state index contributed by atoms with van der Waals surface area (Å²) in [6, 6.07) is 0. The second kappa shape index (κ2) is 65.0. The molecule has 13 atom stereocenters. The van der Waals surface area contributed by atoms with Gasteiger partial charge in [-0.1, -0.05) is 105 Å². The fourth-order valence-corrected chi connectivity index (χ4v) is 27.9. The van der Waals surface area contributed by atoms with Crippen LogP contribution in [0.4, 0.5) is 0 Å². The molecule has 13 unspecified atom stereocenters. The Hall–Kier alpha value is -0.520. The van der Waals surface area contributed by atoms with Crippen LogP contribution in [0.1, 0.15) is 481 Å². The lowest BCUT2D eigenvalue weighted by Gasteiger charge is -2.56. The highest BCUT2D eigenvalue weighted by atomic mass is 16.5. The minimum Gasteiger partial charge on any atom is -0.381 e. The summed E-state index contributed by atoms with van der Waals surface area (Å²) < 4.78 is 72.5. The van der Waals surface area contributed by atoms with Crippen molar-refractivity contribution < 1.29 is 61.6 Å². The van der Waals surface area contributed by atoms with E-state index in [1.807, 2.05) is 0 Å². The zero-order valence-electron chi connectivity index (χ0n) is 92.1. The van der Waals surface area contributed by atoms with Crippen LogP contribution in [0.25, 0.3) is 0 Å². The summed E-state index contributed by atoms with van der Waals surface area (Å²) in [6.07, 6.45) is 73.7. The van der Waals surface area contributed by atoms with Crippen LogP contribution in [0.2, 0.25) is 0 Å². The molecular formula is C119H226O13. The number of ether oxygens (including phenoxy) is 13. The average molecular weight is 1870 g/mol. The van der Waals surface area contributed by atoms with Gasteiger partial charge in [-0.3, -0.25) is 0 Å². The maximum atomic E-state index is 6.04. The van der Waals surface area contributed by atoms with E-state index in [-0.39, 0.29) is 5.60 Å². The molecule has 0 radical (unpaired) electrons. The summed E-state index contributed by atoms with van der Waals surface area (Å²) in [4.78, 5) is 0. The lowest BCUT2D eigenvalue weighted by molar-refractivity contribution is -0.159. The first-order valence-electron chi connectivity index (χ1n) is 58.3. The van der Waals surface area contributed by atoms with E-state index in [4.69, 9.17) is 61.6 Å². The Labute approximate surface area is 819 Å². The first kappa shape index (κ1) is 118. The molecule has 21 fully saturated rings. The molecule has 19 aliphatic carbocycles. The van der Waals surface area contributed by atoms with Gasteiger partial charge in [-0.15, -0.1) is 0 Å². The first-order valence-corrected chi connectivity index (χ1v) is 58.3. The third kappa shape index (κ3) is 46.9. The van der Waals surface area contributed by atoms with Crippen molar-refractivity contribution in [2.24, 2.45) is 118 Å². The maximum Gasteiger partial charge on any atom is 0.0690 e. The number of hydrogen-bond donors (Lipinski definition) is 0. The molecule has 13 nitrogen and oxygen atoms in total. The maximum absolute atomic E-state index is 6.04. The molecule has 0 aromatic carbocycles. The molecule has 0 aromatic heterocycles. The first-order chi connectivity index (χ1) is 63.2. The molecule has 2 saturated heterocycles. The molecule has 2 aliphatic heterocycles. The van der Waals surface area contributed by atoms with Crippen molar-refractivity contribution in [3.8, 4) is 0 Å². The lowest BCUT2D eigenvalue weighted by Crippen LogP contribution is -2.51. The zero-order chi connectivity index (χ0) is 96.0. The second-order valence-corrected chi connectivity index (χ2v) is 49.4. The Bertz CT molecular complexity index is 2700. The fraction of sp³-hybridized carbons (Fsp3) is 1.00. The molecule has 14 bridgehead atoms. The molecule has 0 spiro atoms. The van der Waals surface area contributed by atoms with Crippen LogP contribution < -0.4 is 0 Å². The number of fused-ring (bicyclic) bond motifs is 9. The smallest absolute Gasteiger partial charge is 0.0690 e. The molecule has 21 aliphatic rings. The van der Waals surface area contributed by atoms with Gasteiger partial charge in [0.1, 0.15) is 0 Å². The van der Waals surface area contributed by atoms with E-state index >= 15 is 0 Å². The van der Waals surface area contributed by atoms with Gasteiger partial charge in [0.15, 0.2) is 0 Å². The van der Waals surface area contributed by atoms with E-state index in [1.165, 1.54) is 295 Å². The van der Waals surface area contributed by atoms with Crippen molar-refractivity contribution in [2.75, 3.05) is 79.3 Å². The molecule has 780 valence electrons. The normalized spacial score (nSPS) is 34.1. The molecule has 0 amide bonds. The summed E-state index contributed by atoms with van der Waals surface area (Å²) in [5.41, 5.74) is 0.724. The van der Waals surface area contributed by atoms with Gasteiger partial charge in [-0.05, 0) is 494 Å². The molecule has 132 heavy (non-hydrogen) atoms. The molecule has 2 heterocycles. The number of rotatable bonds is 27. The predicted octanol–water partition coefficient (Wildman–Crippen LogP) is 32.1. The second-order valence-electron chi connectivity index (χ2n) is 49.4. The van der Waals surface area contributed by atoms with Crippen molar-refractivity contribution in [1.82, 2.24) is 0 Å². The number of hydrogen-bond acceptors (Lipinski definition) is 13. The molecule has 13 heteroatoms. The van der Waals surface area contributed by atoms with E-state index in [9.17, 15) is 0 Å². The van der Waals surface area contributed by atoms with Gasteiger partial charge < -0.3 is 61.6 Å². The van der Waals surface area contributed by atoms with E-state index in [0.29, 0.717) is 84.3 Å². The highest BCUT2D eigenvalue weighted by Crippen LogP contribution is 2.61. The van der Waals surface area contributed by atoms with Crippen molar-refractivity contribution in [2.45, 2.75) is 566 Å². The monoisotopic (exact) mass is 1860 g/mol. The molecule has 0 aromatic rings. The largest absolute Gasteiger partial charge is 0.381 e. The summed E-state index contributed by atoms with van der Waals surface area (Å²) in [5.74, 6) is 19.2. The van der Waals surface area contributed by atoms with Gasteiger partial charge in [-0.2, -0.15) is 0 Å². The quantitative estimate of drug-likeness (QED) is 0.0777. The van der Waals surface area contributed by atoms with Crippen LogP contribution in [0.3, 0.4) is 0 Å². The fourth-order valence-electron chi connectivity index (χ4n) is 27.9. The molecular weight excluding hydrogens is 1640 g/mol. The van der Waals surface area contributed by atoms with E-state index in [0.717, 1.165) is 198 Å². The van der Waals surface area contributed by atoms with E-state index in [2.05, 4.69) is 173 Å². The standard InChI is InChI=1S/C13H22O.2C12H20O.C10H18O.C10H20O.C9H16O.2C9H18O.C8H16O.2C8H18O.C6H12O.C5H10O/c1-2-14-8-13-11-4-9-3-10(6-11)7-12(13)5-9;1-2-13-12-6-9-3-10(7-12)5-11(4-9)8-12;1-2-13-12-7-8-6-11(12)10-5-3-4-9(8)10;1-2-11-7-10-6-8-3-4-9(10)5-8;1-9(2)11-8-10-6-4-3-5-7-10;1-2-10-9-6-7-3-4-8(9)5-7;1-8(2)10-7-9-5-3-4-6-9;1-8(2)10-9-6-4-3-5-7-9;1-7(2)9-8-5-3-4-6-8;1-7(2)9-6-8(3,4)5;1-6-8(4,5)9-7(2)3;1-6-4-2-3-5-7-6;1-5-3-2-4-6-5/h9-13H,2-8H2,1H3;9-11H,2-8H2,1H3;8-12H,2-7H2,1H3;8-10H,2-7H2,1H3;9-10H,3-8H2,1-2H3;7-9H,2-6H2,1H3;2*8-9H,3-7H2,1-2H3;7-8H,3-6H2,1-2H3;2*7H,6H2,1-5H3;6H,2-5H2,1H3;5H,2-4H2,1H3. The van der Waals surface area contributed by atoms with Crippen LogP contribution in [0, 0.1) is 118 Å². The van der Waals surface area contributed by atoms with Gasteiger partial charge in [0.25, 0.3) is 0 Å². The summed E-state index contributed by atoms with van der Waals surface area (Å²) in [6.45, 7) is 64.4. The van der Waals surface area contributed by atoms with Crippen molar-refractivity contribution >= 4 is 0 Å². The average Bonchev–Trinajstić information content (AvgIpc) is 1.44. The minimum absolute atomic E-state index is 0.0637. The summed E-state index contributed by atoms with van der Waals surface area (Å²) in [7, 11) is 0. The SMILES string of the molecule is CC(C)OC1CCCC1.CC(C)OC1CCCCC1.CC(C)OCC(C)(C)C.CC(C)OCC1CCCC1.CC(C)OCC1CCCCC1.CC1CCCCO1.CC1CCCO1.CCC(C)(C)OC(C)C.CCOC12CC3CC(CC(C3)C1)C2.CCOC1CC2CC1C1CCCC21.CCOC1CC2CCC1C2.CCOCC1C2CC3CC(C2)CC1C3.CCOCC1CC2CCC1C2. The molecule has 19 saturated carbocycles. The Morgan fingerprint density at radius 1 is 0.318 bits per heavy atom. The van der Waals surface area contributed by atoms with Crippen LogP contribution in [0.15, 0.2) is 0 Å². The minimum atomic E-state index is 0.0637. The van der Waals surface area contributed by atoms with E-state index in [1.54, 1.807) is 6.42 Å². The highest BCUT2D eigenvalue weighted by molar-refractivity contribution is 5.05. The van der Waals surface area contributed by atoms with Crippen molar-refractivity contribution in [3.63, 3.8) is 0 Å². The Morgan fingerprint density at radius 3 is 1.14 bits per heavy atom. The van der Waals surface area contributed by atoms with Crippen LogP contribution in [-0.4, -0.2) is 164 Å². The van der Waals surface area contributed by atoms with Crippen LogP contribution in [0.5, 0.6) is 0 Å². The van der Waals surface area contributed by atoms with Crippen LogP contribution >= 0.6 is 0 Å². The Morgan fingerprint density at radius 2 is 0.758 bits per heavy atom. The Balaban J connectivity index is 0.000000196. The summed E-state index contributed by atoms with van der Waals surface area (Å²) >= 11 is 0. The van der Waals surface area contributed by atoms with Gasteiger partial charge in [0.05, 0.1) is 91.1 Å². The van der Waals surface area contributed by atoms with Crippen molar-refractivity contribution in [3.05, 3.63) is 0 Å². The van der Waals surface area contributed by atoms with Crippen LogP contribution in [-0.2, 0) is 61.6 Å². The molecule has 0 N–H and O–H groups in total. The Kier molecular flexibility index (Phi) is 58.3. The van der Waals surface area contributed by atoms with Crippen molar-refractivity contribution in [1.29, 1.82) is 0 Å². The third-order valence-electron chi connectivity index (χ3n) is 33.7. The predicted molar refractivity (Wildman–Crippen MR) is 556 cm³/mol. The van der Waals surface area contributed by atoms with Gasteiger partial charge in [-0.25, -0.2) is 0 Å². The lowest BCUT2D eigenvalue weighted by atomic mass is 9.52. The third-order valence-corrected chi connectivity index (χ3v) is 33.7. The van der Waals surface area contributed by atoms with Gasteiger partial charge >= 0.3 is 0 Å². The summed E-state index contributed by atoms with van der Waals surface area (Å²) in [5, 5.41) is 0. The zero-order valence-corrected chi connectivity index (χ0v) is 92.1. The van der Waals surface area contributed by atoms with Gasteiger partial charge in [0.2, 0.25) is 0 Å². The van der Waals surface area contributed by atoms with E-state index < -0.39 is 0 Å².